The zero-order valence-electron chi connectivity index (χ0n) is 12.1. The molecule has 2 atom stereocenters. The van der Waals surface area contributed by atoms with E-state index in [0.29, 0.717) is 0 Å². The number of benzene rings is 2. The van der Waals surface area contributed by atoms with E-state index < -0.39 is 2.14 Å². The average Bonchev–Trinajstić information content (AvgIpc) is 2.53. The van der Waals surface area contributed by atoms with Gasteiger partial charge in [0.25, 0.3) is 0 Å². The molecular formula is C18H16Br3N. The number of fused-ring (bicyclic) bond motifs is 1. The molecule has 0 amide bonds. The van der Waals surface area contributed by atoms with E-state index in [2.05, 4.69) is 126 Å². The van der Waals surface area contributed by atoms with Crippen LogP contribution in [0.3, 0.4) is 0 Å². The van der Waals surface area contributed by atoms with E-state index in [-0.39, 0.29) is 12.1 Å². The highest BCUT2D eigenvalue weighted by Gasteiger charge is 2.40. The van der Waals surface area contributed by atoms with Crippen LogP contribution in [-0.2, 0) is 0 Å². The third kappa shape index (κ3) is 3.19. The molecule has 1 aliphatic heterocycles. The van der Waals surface area contributed by atoms with Gasteiger partial charge in [0.15, 0.2) is 2.14 Å². The summed E-state index contributed by atoms with van der Waals surface area (Å²) in [4.78, 5) is 2.37. The predicted molar refractivity (Wildman–Crippen MR) is 104 cm³/mol. The molecule has 2 aromatic rings. The third-order valence-electron chi connectivity index (χ3n) is 4.05. The normalized spacial score (nSPS) is 18.9. The molecule has 3 rings (SSSR count). The summed E-state index contributed by atoms with van der Waals surface area (Å²) in [5.41, 5.74) is 3.85. The van der Waals surface area contributed by atoms with Gasteiger partial charge >= 0.3 is 0 Å². The molecule has 2 aromatic carbocycles. The Kier molecular flexibility index (Phi) is 4.81. The molecule has 114 valence electrons. The van der Waals surface area contributed by atoms with Crippen molar-refractivity contribution in [3.63, 3.8) is 0 Å². The van der Waals surface area contributed by atoms with E-state index in [9.17, 15) is 0 Å². The van der Waals surface area contributed by atoms with Crippen molar-refractivity contribution in [2.24, 2.45) is 0 Å². The molecule has 1 nitrogen and oxygen atoms in total. The van der Waals surface area contributed by atoms with E-state index in [1.807, 2.05) is 0 Å². The predicted octanol–water partition coefficient (Wildman–Crippen LogP) is 6.61. The topological polar surface area (TPSA) is 3.24 Å². The maximum absolute atomic E-state index is 3.75. The Bertz CT molecular complexity index is 676. The van der Waals surface area contributed by atoms with Crippen LogP contribution in [0.25, 0.3) is 6.08 Å². The summed E-state index contributed by atoms with van der Waals surface area (Å²) in [6.45, 7) is 2.24. The molecule has 1 aliphatic rings. The van der Waals surface area contributed by atoms with Gasteiger partial charge in [0, 0.05) is 6.20 Å². The van der Waals surface area contributed by atoms with E-state index in [1.54, 1.807) is 0 Å². The maximum Gasteiger partial charge on any atom is 0.159 e. The molecule has 0 spiro atoms. The molecule has 0 bridgehead atoms. The first-order valence-corrected chi connectivity index (χ1v) is 9.52. The minimum absolute atomic E-state index is 0.129. The summed E-state index contributed by atoms with van der Waals surface area (Å²) >= 11 is 11.2. The lowest BCUT2D eigenvalue weighted by atomic mass is 9.94. The van der Waals surface area contributed by atoms with Crippen LogP contribution in [0, 0.1) is 0 Å². The molecule has 0 aliphatic carbocycles. The van der Waals surface area contributed by atoms with Crippen LogP contribution in [0.1, 0.15) is 35.7 Å². The summed E-state index contributed by atoms with van der Waals surface area (Å²) in [5, 5.41) is 0. The van der Waals surface area contributed by atoms with Crippen LogP contribution in [0.5, 0.6) is 0 Å². The average molecular weight is 486 g/mol. The Labute approximate surface area is 156 Å². The molecule has 0 N–H and O–H groups in total. The van der Waals surface area contributed by atoms with E-state index in [1.165, 1.54) is 16.7 Å². The Morgan fingerprint density at radius 1 is 0.955 bits per heavy atom. The van der Waals surface area contributed by atoms with Gasteiger partial charge in [-0.2, -0.15) is 0 Å². The second kappa shape index (κ2) is 6.50. The molecule has 0 unspecified atom stereocenters. The summed E-state index contributed by atoms with van der Waals surface area (Å²) in [6, 6.07) is 19.5. The summed E-state index contributed by atoms with van der Waals surface area (Å²) < 4.78 is -0.392. The molecule has 0 saturated carbocycles. The van der Waals surface area contributed by atoms with Gasteiger partial charge in [-0.25, -0.2) is 0 Å². The lowest BCUT2D eigenvalue weighted by Crippen LogP contribution is -2.36. The van der Waals surface area contributed by atoms with Crippen LogP contribution in [-0.4, -0.2) is 7.04 Å². The van der Waals surface area contributed by atoms with E-state index in [0.717, 1.165) is 0 Å². The van der Waals surface area contributed by atoms with Gasteiger partial charge in [-0.05, 0) is 29.7 Å². The summed E-state index contributed by atoms with van der Waals surface area (Å²) in [5.74, 6) is 0. The molecule has 0 aromatic heterocycles. The minimum atomic E-state index is -0.392. The molecule has 0 radical (unpaired) electrons. The first-order valence-electron chi connectivity index (χ1n) is 7.14. The molecule has 22 heavy (non-hydrogen) atoms. The molecule has 0 saturated heterocycles. The monoisotopic (exact) mass is 483 g/mol. The van der Waals surface area contributed by atoms with Gasteiger partial charge in [0.2, 0.25) is 0 Å². The van der Waals surface area contributed by atoms with Crippen molar-refractivity contribution in [2.75, 3.05) is 0 Å². The number of hydrogen-bond donors (Lipinski definition) is 0. The summed E-state index contributed by atoms with van der Waals surface area (Å²) in [6.07, 6.45) is 4.37. The van der Waals surface area contributed by atoms with Crippen LogP contribution < -0.4 is 0 Å². The molecule has 4 heteroatoms. The van der Waals surface area contributed by atoms with Crippen LogP contribution in [0.2, 0.25) is 0 Å². The standard InChI is InChI=1S/C18H16Br3N/c1-13(14-7-3-2-4-8-14)22-12-11-15-9-5-6-10-16(15)17(22)18(19,20)21/h2-13,17H,1H3/t13-,17-/m1/s1. The van der Waals surface area contributed by atoms with Gasteiger partial charge in [-0.3, -0.25) is 0 Å². The van der Waals surface area contributed by atoms with Crippen molar-refractivity contribution < 1.29 is 0 Å². The van der Waals surface area contributed by atoms with Crippen molar-refractivity contribution in [3.05, 3.63) is 77.5 Å². The fraction of sp³-hybridized carbons (Fsp3) is 0.222. The summed E-state index contributed by atoms with van der Waals surface area (Å²) in [7, 11) is 0. The van der Waals surface area contributed by atoms with Gasteiger partial charge < -0.3 is 4.90 Å². The highest BCUT2D eigenvalue weighted by atomic mass is 80.0. The van der Waals surface area contributed by atoms with Gasteiger partial charge in [-0.15, -0.1) is 0 Å². The first kappa shape index (κ1) is 16.3. The maximum atomic E-state index is 3.75. The zero-order chi connectivity index (χ0) is 15.7. The van der Waals surface area contributed by atoms with Crippen molar-refractivity contribution in [2.45, 2.75) is 21.2 Å². The number of hydrogen-bond acceptors (Lipinski definition) is 1. The number of alkyl halides is 3. The Hall–Kier alpha value is -0.580. The Morgan fingerprint density at radius 3 is 2.27 bits per heavy atom. The highest BCUT2D eigenvalue weighted by molar-refractivity contribution is 9.39. The van der Waals surface area contributed by atoms with Gasteiger partial charge in [-0.1, -0.05) is 102 Å². The molecular weight excluding hydrogens is 470 g/mol. The quantitative estimate of drug-likeness (QED) is 0.432. The Balaban J connectivity index is 2.05. The molecule has 1 heterocycles. The number of rotatable bonds is 2. The van der Waals surface area contributed by atoms with E-state index in [4.69, 9.17) is 0 Å². The second-order valence-corrected chi connectivity index (χ2v) is 12.4. The van der Waals surface area contributed by atoms with Crippen molar-refractivity contribution in [1.29, 1.82) is 0 Å². The third-order valence-corrected chi connectivity index (χ3v) is 5.36. The van der Waals surface area contributed by atoms with Crippen molar-refractivity contribution in [1.82, 2.24) is 4.90 Å². The highest BCUT2D eigenvalue weighted by Crippen LogP contribution is 2.52. The second-order valence-electron chi connectivity index (χ2n) is 5.42. The van der Waals surface area contributed by atoms with Crippen LogP contribution in [0.4, 0.5) is 0 Å². The smallest absolute Gasteiger partial charge is 0.159 e. The number of nitrogens with zero attached hydrogens (tertiary/aromatic N) is 1. The molecule has 0 fully saturated rings. The van der Waals surface area contributed by atoms with Crippen LogP contribution in [0.15, 0.2) is 60.8 Å². The van der Waals surface area contributed by atoms with Crippen molar-refractivity contribution >= 4 is 53.9 Å². The van der Waals surface area contributed by atoms with Crippen molar-refractivity contribution in [3.8, 4) is 0 Å². The Morgan fingerprint density at radius 2 is 1.59 bits per heavy atom. The van der Waals surface area contributed by atoms with Gasteiger partial charge in [0.05, 0.1) is 12.1 Å². The fourth-order valence-electron chi connectivity index (χ4n) is 2.93. The first-order chi connectivity index (χ1) is 10.5. The SMILES string of the molecule is C[C@H](c1ccccc1)N1C=Cc2ccccc2[C@@H]1C(Br)(Br)Br. The van der Waals surface area contributed by atoms with E-state index >= 15 is 0 Å². The van der Waals surface area contributed by atoms with Crippen LogP contribution >= 0.6 is 47.8 Å². The lowest BCUT2D eigenvalue weighted by Gasteiger charge is -2.43. The largest absolute Gasteiger partial charge is 0.361 e. The minimum Gasteiger partial charge on any atom is -0.361 e. The van der Waals surface area contributed by atoms with Gasteiger partial charge in [0.1, 0.15) is 0 Å². The fourth-order valence-corrected chi connectivity index (χ4v) is 4.38. The lowest BCUT2D eigenvalue weighted by molar-refractivity contribution is 0.226. The zero-order valence-corrected chi connectivity index (χ0v) is 16.8. The number of halogens is 3.